The van der Waals surface area contributed by atoms with Crippen LogP contribution >= 0.6 is 0 Å². The summed E-state index contributed by atoms with van der Waals surface area (Å²) in [6.07, 6.45) is 3.34. The number of aliphatic imine (C=N–C) groups is 1. The van der Waals surface area contributed by atoms with E-state index in [1.807, 2.05) is 12.1 Å². The fourth-order valence-electron chi connectivity index (χ4n) is 3.86. The summed E-state index contributed by atoms with van der Waals surface area (Å²) in [7, 11) is 0. The second kappa shape index (κ2) is 10.7. The summed E-state index contributed by atoms with van der Waals surface area (Å²) in [6, 6.07) is 9.12. The molecule has 1 fully saturated rings. The van der Waals surface area contributed by atoms with E-state index in [9.17, 15) is 5.11 Å². The monoisotopic (exact) mass is 413 g/mol. The summed E-state index contributed by atoms with van der Waals surface area (Å²) in [5.41, 5.74) is 8.98. The molecule has 0 amide bonds. The van der Waals surface area contributed by atoms with Crippen molar-refractivity contribution in [3.63, 3.8) is 0 Å². The van der Waals surface area contributed by atoms with Gasteiger partial charge in [-0.05, 0) is 57.7 Å². The van der Waals surface area contributed by atoms with Crippen molar-refractivity contribution in [3.05, 3.63) is 35.4 Å². The van der Waals surface area contributed by atoms with Gasteiger partial charge in [0.15, 0.2) is 0 Å². The van der Waals surface area contributed by atoms with Gasteiger partial charge in [0.25, 0.3) is 0 Å². The molecular formula is C23H35N5O2. The van der Waals surface area contributed by atoms with E-state index in [1.54, 1.807) is 6.92 Å². The van der Waals surface area contributed by atoms with Crippen LogP contribution in [0.3, 0.4) is 0 Å². The number of aromatic nitrogens is 1. The molecule has 5 N–H and O–H groups in total. The summed E-state index contributed by atoms with van der Waals surface area (Å²) in [4.78, 5) is 8.91. The summed E-state index contributed by atoms with van der Waals surface area (Å²) >= 11 is 0. The topological polar surface area (TPSA) is 105 Å². The highest BCUT2D eigenvalue weighted by atomic mass is 16.5. The zero-order valence-corrected chi connectivity index (χ0v) is 18.3. The van der Waals surface area contributed by atoms with Crippen molar-refractivity contribution in [1.82, 2.24) is 10.3 Å². The van der Waals surface area contributed by atoms with E-state index in [0.29, 0.717) is 17.9 Å². The van der Waals surface area contributed by atoms with Gasteiger partial charge < -0.3 is 26.2 Å². The molecule has 3 rings (SSSR count). The average molecular weight is 414 g/mol. The van der Waals surface area contributed by atoms with Gasteiger partial charge in [0, 0.05) is 37.2 Å². The molecule has 2 heterocycles. The number of nitrogens with one attached hydrogen (secondary N) is 2. The van der Waals surface area contributed by atoms with Crippen molar-refractivity contribution in [2.75, 3.05) is 25.1 Å². The van der Waals surface area contributed by atoms with Crippen molar-refractivity contribution in [1.29, 1.82) is 0 Å². The molecule has 0 bridgehead atoms. The molecule has 2 aromatic rings. The van der Waals surface area contributed by atoms with Gasteiger partial charge in [-0.25, -0.2) is 9.98 Å². The Bertz CT molecular complexity index is 862. The number of nitrogens with zero attached hydrogens (tertiary/aromatic N) is 2. The zero-order valence-electron chi connectivity index (χ0n) is 18.3. The lowest BCUT2D eigenvalue weighted by molar-refractivity contribution is 0.0745. The molecule has 1 saturated heterocycles. The SMILES string of the molecule is CCC(CCNc1nc2ccc(C)cc2cc1/C(N)=N/C(C)O)NC1CCOCC1. The fourth-order valence-corrected chi connectivity index (χ4v) is 3.86. The van der Waals surface area contributed by atoms with Crippen molar-refractivity contribution >= 4 is 22.6 Å². The van der Waals surface area contributed by atoms with Crippen molar-refractivity contribution in [3.8, 4) is 0 Å². The third-order valence-corrected chi connectivity index (χ3v) is 5.54. The Kier molecular flexibility index (Phi) is 8.01. The van der Waals surface area contributed by atoms with E-state index in [0.717, 1.165) is 67.5 Å². The maximum absolute atomic E-state index is 9.64. The summed E-state index contributed by atoms with van der Waals surface area (Å²) in [5.74, 6) is 0.991. The molecule has 2 atom stereocenters. The summed E-state index contributed by atoms with van der Waals surface area (Å²) < 4.78 is 5.46. The Morgan fingerprint density at radius 2 is 2.10 bits per heavy atom. The third kappa shape index (κ3) is 6.14. The van der Waals surface area contributed by atoms with E-state index in [1.165, 1.54) is 0 Å². The maximum Gasteiger partial charge on any atom is 0.144 e. The molecule has 1 aliphatic rings. The van der Waals surface area contributed by atoms with Crippen LogP contribution in [0.4, 0.5) is 5.82 Å². The van der Waals surface area contributed by atoms with Crippen LogP contribution in [0.5, 0.6) is 0 Å². The van der Waals surface area contributed by atoms with Crippen LogP contribution in [0.2, 0.25) is 0 Å². The minimum Gasteiger partial charge on any atom is -0.383 e. The zero-order chi connectivity index (χ0) is 21.5. The molecule has 0 saturated carbocycles. The van der Waals surface area contributed by atoms with E-state index < -0.39 is 6.23 Å². The van der Waals surface area contributed by atoms with Gasteiger partial charge in [0.2, 0.25) is 0 Å². The van der Waals surface area contributed by atoms with Gasteiger partial charge in [-0.1, -0.05) is 18.6 Å². The number of ether oxygens (including phenoxy) is 1. The molecule has 164 valence electrons. The normalized spacial score (nSPS) is 17.8. The molecule has 1 aromatic carbocycles. The number of hydrogen-bond acceptors (Lipinski definition) is 6. The second-order valence-electron chi connectivity index (χ2n) is 8.10. The quantitative estimate of drug-likeness (QED) is 0.372. The van der Waals surface area contributed by atoms with Gasteiger partial charge >= 0.3 is 0 Å². The van der Waals surface area contributed by atoms with E-state index in [-0.39, 0.29) is 5.84 Å². The Balaban J connectivity index is 1.73. The minimum absolute atomic E-state index is 0.288. The smallest absolute Gasteiger partial charge is 0.144 e. The minimum atomic E-state index is -0.862. The van der Waals surface area contributed by atoms with Crippen molar-refractivity contribution in [2.24, 2.45) is 10.7 Å². The van der Waals surface area contributed by atoms with Crippen LogP contribution in [-0.2, 0) is 4.74 Å². The molecule has 7 nitrogen and oxygen atoms in total. The maximum atomic E-state index is 9.64. The van der Waals surface area contributed by atoms with Gasteiger partial charge in [0.05, 0.1) is 11.1 Å². The fraction of sp³-hybridized carbons (Fsp3) is 0.565. The Hall–Kier alpha value is -2.22. The lowest BCUT2D eigenvalue weighted by Gasteiger charge is -2.28. The number of aliphatic hydroxyl groups is 1. The first-order chi connectivity index (χ1) is 14.5. The number of aliphatic hydroxyl groups excluding tert-OH is 1. The highest BCUT2D eigenvalue weighted by Crippen LogP contribution is 2.22. The molecule has 7 heteroatoms. The standard InChI is InChI=1S/C23H35N5O2/c1-4-18(27-19-8-11-30-12-9-19)7-10-25-23-20(22(24)26-16(3)29)14-17-13-15(2)5-6-21(17)28-23/h5-6,13-14,16,18-19,27,29H,4,7-12H2,1-3H3,(H2,24,26)(H,25,28). The molecule has 2 unspecified atom stereocenters. The van der Waals surface area contributed by atoms with Crippen LogP contribution in [0.15, 0.2) is 29.3 Å². The number of benzene rings is 1. The summed E-state index contributed by atoms with van der Waals surface area (Å²) in [6.45, 7) is 8.32. The van der Waals surface area contributed by atoms with Gasteiger partial charge in [-0.15, -0.1) is 0 Å². The molecule has 1 aromatic heterocycles. The van der Waals surface area contributed by atoms with Crippen molar-refractivity contribution in [2.45, 2.75) is 64.8 Å². The predicted octanol–water partition coefficient (Wildman–Crippen LogP) is 2.94. The van der Waals surface area contributed by atoms with Gasteiger partial charge in [-0.3, -0.25) is 0 Å². The largest absolute Gasteiger partial charge is 0.383 e. The van der Waals surface area contributed by atoms with E-state index in [4.69, 9.17) is 15.5 Å². The highest BCUT2D eigenvalue weighted by molar-refractivity contribution is 6.04. The molecule has 30 heavy (non-hydrogen) atoms. The van der Waals surface area contributed by atoms with Crippen LogP contribution in [-0.4, -0.2) is 54.0 Å². The van der Waals surface area contributed by atoms with E-state index >= 15 is 0 Å². The number of aryl methyl sites for hydroxylation is 1. The second-order valence-corrected chi connectivity index (χ2v) is 8.10. The number of rotatable bonds is 9. The molecule has 1 aliphatic heterocycles. The number of fused-ring (bicyclic) bond motifs is 1. The Morgan fingerprint density at radius 3 is 2.80 bits per heavy atom. The van der Waals surface area contributed by atoms with Crippen molar-refractivity contribution < 1.29 is 9.84 Å². The third-order valence-electron chi connectivity index (χ3n) is 5.54. The molecule has 0 aliphatic carbocycles. The predicted molar refractivity (Wildman–Crippen MR) is 123 cm³/mol. The van der Waals surface area contributed by atoms with Crippen LogP contribution in [0.25, 0.3) is 10.9 Å². The molecule has 0 radical (unpaired) electrons. The lowest BCUT2D eigenvalue weighted by atomic mass is 10.0. The number of anilines is 1. The number of nitrogens with two attached hydrogens (primary N) is 1. The van der Waals surface area contributed by atoms with Crippen LogP contribution < -0.4 is 16.4 Å². The Morgan fingerprint density at radius 1 is 1.33 bits per heavy atom. The first kappa shape index (κ1) is 22.5. The first-order valence-corrected chi connectivity index (χ1v) is 11.0. The lowest BCUT2D eigenvalue weighted by Crippen LogP contribution is -2.42. The number of pyridine rings is 1. The Labute approximate surface area is 179 Å². The average Bonchev–Trinajstić information content (AvgIpc) is 2.72. The van der Waals surface area contributed by atoms with Gasteiger partial charge in [0.1, 0.15) is 17.9 Å². The van der Waals surface area contributed by atoms with Gasteiger partial charge in [-0.2, -0.15) is 0 Å². The first-order valence-electron chi connectivity index (χ1n) is 11.0. The number of amidine groups is 1. The molecule has 0 spiro atoms. The van der Waals surface area contributed by atoms with Crippen LogP contribution in [0.1, 0.15) is 50.7 Å². The highest BCUT2D eigenvalue weighted by Gasteiger charge is 2.18. The molecular weight excluding hydrogens is 378 g/mol. The van der Waals surface area contributed by atoms with Crippen LogP contribution in [0, 0.1) is 6.92 Å². The van der Waals surface area contributed by atoms with E-state index in [2.05, 4.69) is 41.6 Å². The summed E-state index contributed by atoms with van der Waals surface area (Å²) in [5, 5.41) is 17.9. The number of hydrogen-bond donors (Lipinski definition) is 4.